The highest BCUT2D eigenvalue weighted by Gasteiger charge is 2.24. The van der Waals surface area contributed by atoms with E-state index in [1.165, 1.54) is 31.7 Å². The predicted molar refractivity (Wildman–Crippen MR) is 70.9 cm³/mol. The lowest BCUT2D eigenvalue weighted by Crippen LogP contribution is -2.22. The largest absolute Gasteiger partial charge is 0.207 e. The van der Waals surface area contributed by atoms with E-state index < -0.39 is 0 Å². The van der Waals surface area contributed by atoms with Crippen LogP contribution in [0.25, 0.3) is 0 Å². The van der Waals surface area contributed by atoms with Crippen LogP contribution >= 0.6 is 11.6 Å². The van der Waals surface area contributed by atoms with E-state index in [0.717, 1.165) is 17.9 Å². The van der Waals surface area contributed by atoms with Gasteiger partial charge in [0.1, 0.15) is 5.82 Å². The molecule has 0 aromatic heterocycles. The van der Waals surface area contributed by atoms with Crippen molar-refractivity contribution in [3.05, 3.63) is 35.6 Å². The van der Waals surface area contributed by atoms with Crippen molar-refractivity contribution in [2.45, 2.75) is 44.4 Å². The summed E-state index contributed by atoms with van der Waals surface area (Å²) in [6, 6.07) is 6.80. The monoisotopic (exact) mass is 254 g/mol. The zero-order chi connectivity index (χ0) is 12.3. The predicted octanol–water partition coefficient (Wildman–Crippen LogP) is 4.80. The van der Waals surface area contributed by atoms with Crippen LogP contribution in [0.2, 0.25) is 0 Å². The molecular formula is C15H20ClF. The maximum atomic E-state index is 13.1. The summed E-state index contributed by atoms with van der Waals surface area (Å²) in [4.78, 5) is 0. The van der Waals surface area contributed by atoms with Gasteiger partial charge in [0.15, 0.2) is 0 Å². The van der Waals surface area contributed by atoms with E-state index in [2.05, 4.69) is 6.92 Å². The SMILES string of the molecule is CC1CCC(C(Cl)Cc2cccc(F)c2)CC1. The number of hydrogen-bond donors (Lipinski definition) is 0. The van der Waals surface area contributed by atoms with Crippen molar-refractivity contribution in [3.8, 4) is 0 Å². The molecule has 0 nitrogen and oxygen atoms in total. The molecule has 0 saturated heterocycles. The first kappa shape index (κ1) is 12.9. The Labute approximate surface area is 108 Å². The van der Waals surface area contributed by atoms with Crippen LogP contribution in [0.3, 0.4) is 0 Å². The van der Waals surface area contributed by atoms with Crippen LogP contribution in [0.15, 0.2) is 24.3 Å². The maximum absolute atomic E-state index is 13.1. The van der Waals surface area contributed by atoms with Crippen molar-refractivity contribution in [2.75, 3.05) is 0 Å². The summed E-state index contributed by atoms with van der Waals surface area (Å²) in [5.74, 6) is 1.30. The van der Waals surface area contributed by atoms with Crippen molar-refractivity contribution >= 4 is 11.6 Å². The van der Waals surface area contributed by atoms with E-state index in [1.807, 2.05) is 6.07 Å². The van der Waals surface area contributed by atoms with E-state index in [1.54, 1.807) is 12.1 Å². The Morgan fingerprint density at radius 1 is 1.29 bits per heavy atom. The fraction of sp³-hybridized carbons (Fsp3) is 0.600. The van der Waals surface area contributed by atoms with Crippen molar-refractivity contribution < 1.29 is 4.39 Å². The second-order valence-corrected chi connectivity index (χ2v) is 5.93. The number of rotatable bonds is 3. The van der Waals surface area contributed by atoms with E-state index in [4.69, 9.17) is 11.6 Å². The van der Waals surface area contributed by atoms with Crippen LogP contribution in [0.5, 0.6) is 0 Å². The normalized spacial score (nSPS) is 26.8. The zero-order valence-corrected chi connectivity index (χ0v) is 11.1. The lowest BCUT2D eigenvalue weighted by molar-refractivity contribution is 0.281. The van der Waals surface area contributed by atoms with Gasteiger partial charge in [-0.3, -0.25) is 0 Å². The van der Waals surface area contributed by atoms with Gasteiger partial charge in [-0.1, -0.05) is 31.9 Å². The minimum absolute atomic E-state index is 0.157. The van der Waals surface area contributed by atoms with Crippen molar-refractivity contribution in [1.82, 2.24) is 0 Å². The van der Waals surface area contributed by atoms with Crippen molar-refractivity contribution in [2.24, 2.45) is 11.8 Å². The van der Waals surface area contributed by atoms with E-state index in [9.17, 15) is 4.39 Å². The first-order chi connectivity index (χ1) is 8.15. The summed E-state index contributed by atoms with van der Waals surface area (Å²) in [7, 11) is 0. The lowest BCUT2D eigenvalue weighted by atomic mass is 9.80. The Balaban J connectivity index is 1.90. The lowest BCUT2D eigenvalue weighted by Gasteiger charge is -2.29. The van der Waals surface area contributed by atoms with E-state index in [0.29, 0.717) is 5.92 Å². The molecule has 1 aromatic rings. The molecule has 17 heavy (non-hydrogen) atoms. The van der Waals surface area contributed by atoms with Gasteiger partial charge < -0.3 is 0 Å². The maximum Gasteiger partial charge on any atom is 0.123 e. The molecular weight excluding hydrogens is 235 g/mol. The number of benzene rings is 1. The highest BCUT2D eigenvalue weighted by molar-refractivity contribution is 6.20. The second kappa shape index (κ2) is 5.86. The Morgan fingerprint density at radius 3 is 2.65 bits per heavy atom. The number of alkyl halides is 1. The summed E-state index contributed by atoms with van der Waals surface area (Å²) >= 11 is 6.47. The van der Waals surface area contributed by atoms with Gasteiger partial charge in [-0.2, -0.15) is 0 Å². The molecule has 0 radical (unpaired) electrons. The van der Waals surface area contributed by atoms with Crippen LogP contribution in [-0.4, -0.2) is 5.38 Å². The molecule has 1 aliphatic rings. The minimum atomic E-state index is -0.163. The number of hydrogen-bond acceptors (Lipinski definition) is 0. The second-order valence-electron chi connectivity index (χ2n) is 5.37. The highest BCUT2D eigenvalue weighted by Crippen LogP contribution is 2.33. The molecule has 0 N–H and O–H groups in total. The van der Waals surface area contributed by atoms with Crippen LogP contribution in [0.4, 0.5) is 4.39 Å². The summed E-state index contributed by atoms with van der Waals surface area (Å²) in [6.07, 6.45) is 5.82. The third kappa shape index (κ3) is 3.70. The summed E-state index contributed by atoms with van der Waals surface area (Å²) in [6.45, 7) is 2.31. The molecule has 1 atom stereocenters. The van der Waals surface area contributed by atoms with Gasteiger partial charge in [-0.05, 0) is 48.8 Å². The van der Waals surface area contributed by atoms with Crippen LogP contribution < -0.4 is 0 Å². The molecule has 94 valence electrons. The standard InChI is InChI=1S/C15H20ClF/c1-11-5-7-13(8-6-11)15(16)10-12-3-2-4-14(17)9-12/h2-4,9,11,13,15H,5-8,10H2,1H3. The van der Waals surface area contributed by atoms with Crippen LogP contribution in [-0.2, 0) is 6.42 Å². The quantitative estimate of drug-likeness (QED) is 0.680. The number of halogens is 2. The average molecular weight is 255 g/mol. The first-order valence-corrected chi connectivity index (χ1v) is 6.97. The van der Waals surface area contributed by atoms with Gasteiger partial charge in [0.2, 0.25) is 0 Å². The van der Waals surface area contributed by atoms with Crippen LogP contribution in [0.1, 0.15) is 38.2 Å². The molecule has 1 aromatic carbocycles. The van der Waals surface area contributed by atoms with Gasteiger partial charge in [0.25, 0.3) is 0 Å². The van der Waals surface area contributed by atoms with E-state index in [-0.39, 0.29) is 11.2 Å². The van der Waals surface area contributed by atoms with Gasteiger partial charge in [0, 0.05) is 5.38 Å². The summed E-state index contributed by atoms with van der Waals surface area (Å²) in [5, 5.41) is 0.157. The Kier molecular flexibility index (Phi) is 4.44. The molecule has 1 unspecified atom stereocenters. The summed E-state index contributed by atoms with van der Waals surface area (Å²) < 4.78 is 13.1. The molecule has 0 spiro atoms. The molecule has 1 saturated carbocycles. The van der Waals surface area contributed by atoms with Gasteiger partial charge in [-0.25, -0.2) is 4.39 Å². The van der Waals surface area contributed by atoms with Crippen LogP contribution in [0, 0.1) is 17.7 Å². The highest BCUT2D eigenvalue weighted by atomic mass is 35.5. The molecule has 1 fully saturated rings. The zero-order valence-electron chi connectivity index (χ0n) is 10.3. The van der Waals surface area contributed by atoms with Gasteiger partial charge in [-0.15, -0.1) is 11.6 Å². The Morgan fingerprint density at radius 2 is 2.00 bits per heavy atom. The molecule has 1 aliphatic carbocycles. The molecule has 2 rings (SSSR count). The molecule has 2 heteroatoms. The summed E-state index contributed by atoms with van der Waals surface area (Å²) in [5.41, 5.74) is 1.02. The van der Waals surface area contributed by atoms with E-state index >= 15 is 0 Å². The van der Waals surface area contributed by atoms with Crippen molar-refractivity contribution in [1.29, 1.82) is 0 Å². The third-order valence-electron chi connectivity index (χ3n) is 3.89. The Hall–Kier alpha value is -0.560. The average Bonchev–Trinajstić information content (AvgIpc) is 2.29. The smallest absolute Gasteiger partial charge is 0.123 e. The third-order valence-corrected chi connectivity index (χ3v) is 4.40. The Bertz CT molecular complexity index is 356. The molecule has 0 bridgehead atoms. The minimum Gasteiger partial charge on any atom is -0.207 e. The first-order valence-electron chi connectivity index (χ1n) is 6.53. The molecule has 0 amide bonds. The topological polar surface area (TPSA) is 0 Å². The molecule has 0 aliphatic heterocycles. The fourth-order valence-corrected chi connectivity index (χ4v) is 3.13. The van der Waals surface area contributed by atoms with Crippen molar-refractivity contribution in [3.63, 3.8) is 0 Å². The van der Waals surface area contributed by atoms with Gasteiger partial charge >= 0.3 is 0 Å². The fourth-order valence-electron chi connectivity index (χ4n) is 2.70. The van der Waals surface area contributed by atoms with Gasteiger partial charge in [0.05, 0.1) is 0 Å². The molecule has 0 heterocycles.